The van der Waals surface area contributed by atoms with Crippen molar-refractivity contribution in [1.29, 1.82) is 0 Å². The van der Waals surface area contributed by atoms with Crippen molar-refractivity contribution < 1.29 is 9.53 Å². The Morgan fingerprint density at radius 2 is 2.00 bits per heavy atom. The molecule has 0 fully saturated rings. The van der Waals surface area contributed by atoms with Gasteiger partial charge in [0.15, 0.2) is 6.61 Å². The van der Waals surface area contributed by atoms with Crippen LogP contribution in [0.3, 0.4) is 0 Å². The zero-order valence-electron chi connectivity index (χ0n) is 12.2. The number of carbonyl (C=O) groups excluding carboxylic acids is 1. The zero-order valence-corrected chi connectivity index (χ0v) is 13.7. The van der Waals surface area contributed by atoms with Gasteiger partial charge in [-0.3, -0.25) is 4.79 Å². The highest BCUT2D eigenvalue weighted by Gasteiger charge is 2.04. The van der Waals surface area contributed by atoms with Gasteiger partial charge in [0.25, 0.3) is 5.91 Å². The third kappa shape index (κ3) is 4.90. The Hall–Kier alpha value is -1.81. The van der Waals surface area contributed by atoms with Gasteiger partial charge in [-0.25, -0.2) is 0 Å². The third-order valence-corrected chi connectivity index (χ3v) is 3.96. The molecule has 21 heavy (non-hydrogen) atoms. The molecular weight excluding hydrogens is 330 g/mol. The maximum absolute atomic E-state index is 11.8. The van der Waals surface area contributed by atoms with E-state index < -0.39 is 0 Å². The van der Waals surface area contributed by atoms with E-state index in [0.717, 1.165) is 15.6 Å². The van der Waals surface area contributed by atoms with Crippen LogP contribution in [0.25, 0.3) is 0 Å². The molecule has 0 unspecified atom stereocenters. The minimum atomic E-state index is -0.128. The maximum Gasteiger partial charge on any atom is 0.258 e. The van der Waals surface area contributed by atoms with Crippen molar-refractivity contribution in [3.8, 4) is 5.75 Å². The van der Waals surface area contributed by atoms with E-state index >= 15 is 0 Å². The van der Waals surface area contributed by atoms with Gasteiger partial charge in [0, 0.05) is 11.0 Å². The van der Waals surface area contributed by atoms with Crippen LogP contribution in [0.1, 0.15) is 16.7 Å². The van der Waals surface area contributed by atoms with E-state index in [2.05, 4.69) is 27.3 Å². The summed E-state index contributed by atoms with van der Waals surface area (Å²) in [5, 5.41) is 2.85. The van der Waals surface area contributed by atoms with E-state index in [0.29, 0.717) is 12.3 Å². The molecule has 2 aromatic carbocycles. The number of hydrogen-bond acceptors (Lipinski definition) is 2. The van der Waals surface area contributed by atoms with E-state index in [-0.39, 0.29) is 12.5 Å². The Labute approximate surface area is 133 Å². The number of halogens is 1. The van der Waals surface area contributed by atoms with E-state index in [1.165, 1.54) is 5.56 Å². The highest BCUT2D eigenvalue weighted by Crippen LogP contribution is 2.21. The number of rotatable bonds is 5. The molecule has 2 aromatic rings. The van der Waals surface area contributed by atoms with Crippen molar-refractivity contribution in [2.24, 2.45) is 0 Å². The summed E-state index contributed by atoms with van der Waals surface area (Å²) in [5.41, 5.74) is 3.35. The fraction of sp³-hybridized carbons (Fsp3) is 0.235. The first-order valence-electron chi connectivity index (χ1n) is 6.76. The average molecular weight is 348 g/mol. The van der Waals surface area contributed by atoms with Crippen molar-refractivity contribution in [1.82, 2.24) is 5.32 Å². The van der Waals surface area contributed by atoms with Crippen molar-refractivity contribution >= 4 is 21.8 Å². The number of nitrogens with one attached hydrogen (secondary N) is 1. The van der Waals surface area contributed by atoms with Crippen LogP contribution in [0, 0.1) is 13.8 Å². The van der Waals surface area contributed by atoms with Crippen molar-refractivity contribution in [2.45, 2.75) is 20.4 Å². The van der Waals surface area contributed by atoms with Crippen LogP contribution >= 0.6 is 15.9 Å². The quantitative estimate of drug-likeness (QED) is 0.894. The Morgan fingerprint density at radius 1 is 1.19 bits per heavy atom. The van der Waals surface area contributed by atoms with E-state index in [9.17, 15) is 4.79 Å². The first-order valence-corrected chi connectivity index (χ1v) is 7.55. The lowest BCUT2D eigenvalue weighted by molar-refractivity contribution is -0.123. The van der Waals surface area contributed by atoms with Crippen molar-refractivity contribution in [2.75, 3.05) is 6.61 Å². The number of carbonyl (C=O) groups is 1. The second-order valence-corrected chi connectivity index (χ2v) is 5.82. The van der Waals surface area contributed by atoms with Gasteiger partial charge < -0.3 is 10.1 Å². The van der Waals surface area contributed by atoms with Gasteiger partial charge in [-0.05, 0) is 43.2 Å². The number of aryl methyl sites for hydroxylation is 2. The summed E-state index contributed by atoms with van der Waals surface area (Å²) in [6.07, 6.45) is 0. The molecule has 0 spiro atoms. The molecule has 110 valence electrons. The summed E-state index contributed by atoms with van der Waals surface area (Å²) in [6, 6.07) is 13.7. The number of hydrogen-bond donors (Lipinski definition) is 1. The predicted octanol–water partition coefficient (Wildman–Crippen LogP) is 3.76. The first-order chi connectivity index (χ1) is 10.0. The summed E-state index contributed by atoms with van der Waals surface area (Å²) in [7, 11) is 0. The molecule has 0 heterocycles. The minimum absolute atomic E-state index is 0.0207. The zero-order chi connectivity index (χ0) is 15.2. The monoisotopic (exact) mass is 347 g/mol. The normalized spacial score (nSPS) is 10.2. The average Bonchev–Trinajstić information content (AvgIpc) is 2.46. The Balaban J connectivity index is 1.80. The molecule has 0 aliphatic heterocycles. The Kier molecular flexibility index (Phi) is 5.39. The molecule has 0 aliphatic rings. The number of amides is 1. The standard InChI is InChI=1S/C17H18BrNO2/c1-12-4-3-5-14(8-12)10-19-17(20)11-21-15-6-7-16(18)13(2)9-15/h3-9H,10-11H2,1-2H3,(H,19,20). The van der Waals surface area contributed by atoms with E-state index in [1.54, 1.807) is 0 Å². The molecule has 0 saturated heterocycles. The molecule has 2 rings (SSSR count). The minimum Gasteiger partial charge on any atom is -0.484 e. The molecule has 0 atom stereocenters. The highest BCUT2D eigenvalue weighted by atomic mass is 79.9. The second kappa shape index (κ2) is 7.27. The topological polar surface area (TPSA) is 38.3 Å². The molecule has 1 amide bonds. The molecule has 3 nitrogen and oxygen atoms in total. The van der Waals surface area contributed by atoms with E-state index in [1.807, 2.05) is 50.2 Å². The molecule has 0 bridgehead atoms. The SMILES string of the molecule is Cc1cccc(CNC(=O)COc2ccc(Br)c(C)c2)c1. The van der Waals surface area contributed by atoms with Crippen LogP contribution in [-0.2, 0) is 11.3 Å². The maximum atomic E-state index is 11.8. The lowest BCUT2D eigenvalue weighted by atomic mass is 10.1. The Morgan fingerprint density at radius 3 is 2.71 bits per heavy atom. The van der Waals surface area contributed by atoms with Crippen LogP contribution in [0.5, 0.6) is 5.75 Å². The van der Waals surface area contributed by atoms with Gasteiger partial charge in [0.05, 0.1) is 0 Å². The summed E-state index contributed by atoms with van der Waals surface area (Å²) < 4.78 is 6.51. The van der Waals surface area contributed by atoms with Gasteiger partial charge in [-0.15, -0.1) is 0 Å². The first kappa shape index (κ1) is 15.6. The molecule has 0 aliphatic carbocycles. The van der Waals surface area contributed by atoms with Crippen LogP contribution in [0.2, 0.25) is 0 Å². The number of benzene rings is 2. The summed E-state index contributed by atoms with van der Waals surface area (Å²) >= 11 is 3.43. The Bertz CT molecular complexity index is 640. The molecule has 0 radical (unpaired) electrons. The summed E-state index contributed by atoms with van der Waals surface area (Å²) in [6.45, 7) is 4.55. The fourth-order valence-corrected chi connectivity index (χ4v) is 2.18. The molecule has 0 saturated carbocycles. The smallest absolute Gasteiger partial charge is 0.258 e. The lowest BCUT2D eigenvalue weighted by Gasteiger charge is -2.09. The van der Waals surface area contributed by atoms with Gasteiger partial charge in [-0.2, -0.15) is 0 Å². The molecule has 0 aromatic heterocycles. The predicted molar refractivity (Wildman–Crippen MR) is 87.4 cm³/mol. The number of ether oxygens (including phenoxy) is 1. The van der Waals surface area contributed by atoms with Crippen molar-refractivity contribution in [3.63, 3.8) is 0 Å². The summed E-state index contributed by atoms with van der Waals surface area (Å²) in [4.78, 5) is 11.8. The van der Waals surface area contributed by atoms with Crippen molar-refractivity contribution in [3.05, 3.63) is 63.6 Å². The molecule has 1 N–H and O–H groups in total. The van der Waals surface area contributed by atoms with Gasteiger partial charge in [0.2, 0.25) is 0 Å². The van der Waals surface area contributed by atoms with Crippen LogP contribution < -0.4 is 10.1 Å². The molecular formula is C17H18BrNO2. The fourth-order valence-electron chi connectivity index (χ4n) is 1.93. The molecule has 4 heteroatoms. The highest BCUT2D eigenvalue weighted by molar-refractivity contribution is 9.10. The van der Waals surface area contributed by atoms with Crippen LogP contribution in [0.4, 0.5) is 0 Å². The van der Waals surface area contributed by atoms with Gasteiger partial charge in [-0.1, -0.05) is 45.8 Å². The largest absolute Gasteiger partial charge is 0.484 e. The second-order valence-electron chi connectivity index (χ2n) is 4.97. The van der Waals surface area contributed by atoms with Crippen LogP contribution in [-0.4, -0.2) is 12.5 Å². The van der Waals surface area contributed by atoms with E-state index in [4.69, 9.17) is 4.74 Å². The summed E-state index contributed by atoms with van der Waals surface area (Å²) in [5.74, 6) is 0.568. The third-order valence-electron chi connectivity index (χ3n) is 3.07. The van der Waals surface area contributed by atoms with Gasteiger partial charge in [0.1, 0.15) is 5.75 Å². The van der Waals surface area contributed by atoms with Gasteiger partial charge >= 0.3 is 0 Å². The van der Waals surface area contributed by atoms with Crippen LogP contribution in [0.15, 0.2) is 46.9 Å². The lowest BCUT2D eigenvalue weighted by Crippen LogP contribution is -2.28.